The van der Waals surface area contributed by atoms with Crippen LogP contribution in [0, 0.1) is 0 Å². The van der Waals surface area contributed by atoms with Gasteiger partial charge in [-0.25, -0.2) is 4.72 Å². The fourth-order valence-electron chi connectivity index (χ4n) is 4.21. The molecule has 1 N–H and O–H groups in total. The molecule has 1 aromatic heterocycles. The molecule has 4 aromatic rings. The lowest BCUT2D eigenvalue weighted by atomic mass is 9.96. The number of carbonyl (C=O) groups excluding carboxylic acids is 2. The van der Waals surface area contributed by atoms with Crippen molar-refractivity contribution in [3.05, 3.63) is 77.9 Å². The Hall–Kier alpha value is -3.95. The van der Waals surface area contributed by atoms with Crippen molar-refractivity contribution in [2.24, 2.45) is 0 Å². The first kappa shape index (κ1) is 21.9. The second-order valence-corrected chi connectivity index (χ2v) is 9.98. The van der Waals surface area contributed by atoms with Crippen molar-refractivity contribution in [1.82, 2.24) is 13.6 Å². The molecule has 9 heteroatoms. The van der Waals surface area contributed by atoms with Crippen LogP contribution >= 0.6 is 0 Å². The summed E-state index contributed by atoms with van der Waals surface area (Å²) in [7, 11) is 0.233. The van der Waals surface area contributed by atoms with Gasteiger partial charge in [0, 0.05) is 36.2 Å². The maximum absolute atomic E-state index is 13.5. The van der Waals surface area contributed by atoms with Crippen molar-refractivity contribution in [2.75, 3.05) is 21.2 Å². The van der Waals surface area contributed by atoms with Gasteiger partial charge in [0.2, 0.25) is 0 Å². The summed E-state index contributed by atoms with van der Waals surface area (Å²) in [5.74, 6) is -0.455. The van der Waals surface area contributed by atoms with Gasteiger partial charge in [0.1, 0.15) is 5.75 Å². The van der Waals surface area contributed by atoms with E-state index in [0.717, 1.165) is 32.1 Å². The number of fused-ring (bicyclic) bond motifs is 5. The van der Waals surface area contributed by atoms with Crippen molar-refractivity contribution >= 4 is 32.9 Å². The number of amides is 1. The fourth-order valence-corrected chi connectivity index (χ4v) is 4.75. The smallest absolute Gasteiger partial charge is 0.303 e. The number of benzene rings is 3. The molecule has 1 aliphatic heterocycles. The number of hydrogen-bond donors (Lipinski definition) is 1. The topological polar surface area (TPSA) is 97.7 Å². The Morgan fingerprint density at radius 2 is 1.71 bits per heavy atom. The van der Waals surface area contributed by atoms with Crippen molar-refractivity contribution in [3.8, 4) is 28.1 Å². The first-order valence-corrected chi connectivity index (χ1v) is 11.9. The predicted octanol–water partition coefficient (Wildman–Crippen LogP) is 3.52. The third-order valence-corrected chi connectivity index (χ3v) is 7.32. The summed E-state index contributed by atoms with van der Waals surface area (Å²) in [5.41, 5.74) is 4.41. The molecule has 3 aromatic carbocycles. The van der Waals surface area contributed by atoms with Gasteiger partial charge in [-0.05, 0) is 35.9 Å². The third-order valence-electron chi connectivity index (χ3n) is 5.91. The Morgan fingerprint density at radius 1 is 0.971 bits per heavy atom. The van der Waals surface area contributed by atoms with E-state index < -0.39 is 16.1 Å². The highest BCUT2D eigenvalue weighted by Crippen LogP contribution is 2.46. The standard InChI is InChI=1S/C25H21N3O5S/c1-27(2)34(31,32)26-24(29)16-9-11-19-21(13-16)28-23(22(19)15-7-5-4-6-8-15)18-12-10-17(33-3)14-20(18)25(28)30/h4-14H,1-3H3,(H,26,29). The van der Waals surface area contributed by atoms with Gasteiger partial charge in [-0.15, -0.1) is 0 Å². The summed E-state index contributed by atoms with van der Waals surface area (Å²) in [6, 6.07) is 19.9. The fraction of sp³-hybridized carbons (Fsp3) is 0.120. The molecule has 172 valence electrons. The Morgan fingerprint density at radius 3 is 2.38 bits per heavy atom. The Labute approximate surface area is 196 Å². The summed E-state index contributed by atoms with van der Waals surface area (Å²) in [4.78, 5) is 26.3. The molecule has 0 unspecified atom stereocenters. The molecule has 0 radical (unpaired) electrons. The van der Waals surface area contributed by atoms with Gasteiger partial charge in [-0.3, -0.25) is 14.2 Å². The highest BCUT2D eigenvalue weighted by molar-refractivity contribution is 7.87. The largest absolute Gasteiger partial charge is 0.497 e. The molecule has 0 fully saturated rings. The summed E-state index contributed by atoms with van der Waals surface area (Å²) in [5, 5.41) is 0.781. The molecular weight excluding hydrogens is 454 g/mol. The van der Waals surface area contributed by atoms with Gasteiger partial charge in [-0.2, -0.15) is 12.7 Å². The van der Waals surface area contributed by atoms with Gasteiger partial charge < -0.3 is 4.74 Å². The van der Waals surface area contributed by atoms with E-state index in [1.807, 2.05) is 41.1 Å². The van der Waals surface area contributed by atoms with Crippen molar-refractivity contribution in [1.29, 1.82) is 0 Å². The van der Waals surface area contributed by atoms with Crippen LogP contribution in [-0.2, 0) is 10.2 Å². The number of rotatable bonds is 5. The Kier molecular flexibility index (Phi) is 5.03. The summed E-state index contributed by atoms with van der Waals surface area (Å²) < 4.78 is 34.1. The average molecular weight is 476 g/mol. The third kappa shape index (κ3) is 3.28. The van der Waals surface area contributed by atoms with Gasteiger partial charge in [0.05, 0.1) is 23.9 Å². The number of carbonyl (C=O) groups is 2. The number of nitrogens with zero attached hydrogens (tertiary/aromatic N) is 2. The quantitative estimate of drug-likeness (QED) is 0.420. The van der Waals surface area contributed by atoms with Gasteiger partial charge in [0.15, 0.2) is 0 Å². The van der Waals surface area contributed by atoms with Crippen LogP contribution in [-0.4, -0.2) is 50.3 Å². The van der Waals surface area contributed by atoms with E-state index in [2.05, 4.69) is 0 Å². The van der Waals surface area contributed by atoms with E-state index in [9.17, 15) is 18.0 Å². The molecule has 0 spiro atoms. The monoisotopic (exact) mass is 475 g/mol. The lowest BCUT2D eigenvalue weighted by molar-refractivity contribution is 0.0965. The van der Waals surface area contributed by atoms with E-state index >= 15 is 0 Å². The minimum absolute atomic E-state index is 0.124. The molecule has 1 amide bonds. The van der Waals surface area contributed by atoms with Crippen LogP contribution in [0.2, 0.25) is 0 Å². The first-order valence-electron chi connectivity index (χ1n) is 10.4. The zero-order valence-electron chi connectivity index (χ0n) is 18.7. The summed E-state index contributed by atoms with van der Waals surface area (Å²) in [6.45, 7) is 0. The maximum Gasteiger partial charge on any atom is 0.303 e. The van der Waals surface area contributed by atoms with E-state index in [1.165, 1.54) is 14.1 Å². The minimum Gasteiger partial charge on any atom is -0.497 e. The molecule has 0 bridgehead atoms. The second-order valence-electron chi connectivity index (χ2n) is 8.09. The summed E-state index contributed by atoms with van der Waals surface area (Å²) in [6.07, 6.45) is 0. The van der Waals surface area contributed by atoms with Crippen LogP contribution in [0.25, 0.3) is 33.3 Å². The van der Waals surface area contributed by atoms with Crippen molar-refractivity contribution in [3.63, 3.8) is 0 Å². The molecule has 0 saturated heterocycles. The normalized spacial score (nSPS) is 12.6. The van der Waals surface area contributed by atoms with Gasteiger partial charge in [-0.1, -0.05) is 36.4 Å². The van der Waals surface area contributed by atoms with Crippen LogP contribution < -0.4 is 9.46 Å². The van der Waals surface area contributed by atoms with Crippen LogP contribution in [0.1, 0.15) is 20.7 Å². The molecule has 0 atom stereocenters. The maximum atomic E-state index is 13.5. The molecule has 0 aliphatic carbocycles. The van der Waals surface area contributed by atoms with Crippen molar-refractivity contribution in [2.45, 2.75) is 0 Å². The lowest BCUT2D eigenvalue weighted by Gasteiger charge is -2.12. The molecule has 1 aliphatic rings. The molecule has 34 heavy (non-hydrogen) atoms. The van der Waals surface area contributed by atoms with E-state index in [0.29, 0.717) is 16.8 Å². The Balaban J connectivity index is 1.75. The predicted molar refractivity (Wildman–Crippen MR) is 129 cm³/mol. The highest BCUT2D eigenvalue weighted by Gasteiger charge is 2.33. The first-order chi connectivity index (χ1) is 16.2. The average Bonchev–Trinajstić information content (AvgIpc) is 3.31. The molecule has 5 rings (SSSR count). The SMILES string of the molecule is COc1ccc2c(c1)C(=O)n1c-2c(-c2ccccc2)c2ccc(C(=O)NS(=O)(=O)N(C)C)cc21. The van der Waals surface area contributed by atoms with Gasteiger partial charge in [0.25, 0.3) is 11.8 Å². The zero-order valence-corrected chi connectivity index (χ0v) is 19.5. The highest BCUT2D eigenvalue weighted by atomic mass is 32.2. The molecular formula is C25H21N3O5S. The van der Waals surface area contributed by atoms with Crippen LogP contribution in [0.3, 0.4) is 0 Å². The number of aromatic nitrogens is 1. The van der Waals surface area contributed by atoms with E-state index in [4.69, 9.17) is 4.74 Å². The van der Waals surface area contributed by atoms with E-state index in [1.54, 1.807) is 42.0 Å². The van der Waals surface area contributed by atoms with Crippen molar-refractivity contribution < 1.29 is 22.7 Å². The second kappa shape index (κ2) is 7.82. The molecule has 0 saturated carbocycles. The minimum atomic E-state index is -3.96. The van der Waals surface area contributed by atoms with E-state index in [-0.39, 0.29) is 11.5 Å². The van der Waals surface area contributed by atoms with Crippen LogP contribution in [0.15, 0.2) is 66.7 Å². The Bertz CT molecular complexity index is 1590. The van der Waals surface area contributed by atoms with Crippen LogP contribution in [0.4, 0.5) is 0 Å². The lowest BCUT2D eigenvalue weighted by Crippen LogP contribution is -2.39. The number of methoxy groups -OCH3 is 1. The number of hydrogen-bond acceptors (Lipinski definition) is 5. The van der Waals surface area contributed by atoms with Crippen LogP contribution in [0.5, 0.6) is 5.75 Å². The number of ether oxygens (including phenoxy) is 1. The summed E-state index contributed by atoms with van der Waals surface area (Å²) >= 11 is 0. The number of nitrogens with one attached hydrogen (secondary N) is 1. The van der Waals surface area contributed by atoms with Gasteiger partial charge >= 0.3 is 10.2 Å². The molecule has 2 heterocycles. The molecule has 8 nitrogen and oxygen atoms in total. The zero-order chi connectivity index (χ0) is 24.2.